The lowest BCUT2D eigenvalue weighted by Gasteiger charge is -2.32. The van der Waals surface area contributed by atoms with Crippen LogP contribution < -0.4 is 21.3 Å². The van der Waals surface area contributed by atoms with Crippen LogP contribution >= 0.6 is 21.7 Å². The SMILES string of the molecule is CNC(=S)NC1CCCC(C(=O)NCC(=O)NC(CC(=O)OP)C2CCC(F)CC2)C1. The van der Waals surface area contributed by atoms with Gasteiger partial charge in [0.05, 0.1) is 22.4 Å². The van der Waals surface area contributed by atoms with Crippen LogP contribution in [0.2, 0.25) is 0 Å². The zero-order valence-corrected chi connectivity index (χ0v) is 19.9. The molecule has 2 fully saturated rings. The number of amides is 2. The molecule has 4 N–H and O–H groups in total. The topological polar surface area (TPSA) is 109 Å². The van der Waals surface area contributed by atoms with Gasteiger partial charge in [-0.05, 0) is 63.1 Å². The molecule has 31 heavy (non-hydrogen) atoms. The van der Waals surface area contributed by atoms with E-state index in [0.29, 0.717) is 37.2 Å². The van der Waals surface area contributed by atoms with Crippen LogP contribution in [-0.4, -0.2) is 54.7 Å². The second-order valence-electron chi connectivity index (χ2n) is 8.38. The molecule has 0 spiro atoms. The van der Waals surface area contributed by atoms with E-state index in [-0.39, 0.29) is 42.7 Å². The second kappa shape index (κ2) is 13.1. The third-order valence-corrected chi connectivity index (χ3v) is 6.75. The number of thiocarbonyl (C=S) groups is 1. The Hall–Kier alpha value is -1.54. The Morgan fingerprint density at radius 2 is 1.87 bits per heavy atom. The monoisotopic (exact) mass is 476 g/mol. The van der Waals surface area contributed by atoms with Crippen LogP contribution in [0.5, 0.6) is 0 Å². The fourth-order valence-corrected chi connectivity index (χ4v) is 4.69. The Kier molecular flexibility index (Phi) is 10.9. The highest BCUT2D eigenvalue weighted by atomic mass is 32.1. The first kappa shape index (κ1) is 25.7. The summed E-state index contributed by atoms with van der Waals surface area (Å²) >= 11 is 5.13. The van der Waals surface area contributed by atoms with Crippen molar-refractivity contribution in [2.24, 2.45) is 11.8 Å². The Morgan fingerprint density at radius 3 is 2.52 bits per heavy atom. The molecule has 0 aromatic carbocycles. The zero-order chi connectivity index (χ0) is 22.8. The third kappa shape index (κ3) is 8.85. The van der Waals surface area contributed by atoms with Gasteiger partial charge in [-0.1, -0.05) is 6.42 Å². The maximum Gasteiger partial charge on any atom is 0.310 e. The van der Waals surface area contributed by atoms with Gasteiger partial charge in [-0.15, -0.1) is 0 Å². The van der Waals surface area contributed by atoms with E-state index in [4.69, 9.17) is 12.2 Å². The summed E-state index contributed by atoms with van der Waals surface area (Å²) in [7, 11) is 3.65. The molecule has 0 aromatic rings. The van der Waals surface area contributed by atoms with Gasteiger partial charge < -0.3 is 25.8 Å². The smallest absolute Gasteiger partial charge is 0.310 e. The molecule has 0 bridgehead atoms. The van der Waals surface area contributed by atoms with Crippen LogP contribution in [0, 0.1) is 11.8 Å². The highest BCUT2D eigenvalue weighted by Gasteiger charge is 2.31. The number of nitrogens with one attached hydrogen (secondary N) is 4. The van der Waals surface area contributed by atoms with Crippen molar-refractivity contribution in [1.82, 2.24) is 21.3 Å². The predicted molar refractivity (Wildman–Crippen MR) is 123 cm³/mol. The number of hydrogen-bond acceptors (Lipinski definition) is 5. The molecule has 0 aliphatic heterocycles. The van der Waals surface area contributed by atoms with Crippen molar-refractivity contribution < 1.29 is 23.3 Å². The van der Waals surface area contributed by atoms with Gasteiger partial charge in [-0.3, -0.25) is 14.4 Å². The van der Waals surface area contributed by atoms with Crippen molar-refractivity contribution in [2.45, 2.75) is 76.0 Å². The van der Waals surface area contributed by atoms with Gasteiger partial charge in [0.2, 0.25) is 11.8 Å². The summed E-state index contributed by atoms with van der Waals surface area (Å²) in [5.41, 5.74) is 0. The lowest BCUT2D eigenvalue weighted by molar-refractivity contribution is -0.135. The van der Waals surface area contributed by atoms with E-state index in [9.17, 15) is 18.8 Å². The van der Waals surface area contributed by atoms with Crippen molar-refractivity contribution in [3.63, 3.8) is 0 Å². The van der Waals surface area contributed by atoms with Crippen LogP contribution in [0.3, 0.4) is 0 Å². The molecule has 0 aromatic heterocycles. The summed E-state index contributed by atoms with van der Waals surface area (Å²) in [5.74, 6) is -1.14. The second-order valence-corrected chi connectivity index (χ2v) is 9.03. The summed E-state index contributed by atoms with van der Waals surface area (Å²) in [6.07, 6.45) is 4.54. The Labute approximate surface area is 190 Å². The largest absolute Gasteiger partial charge is 0.451 e. The quantitative estimate of drug-likeness (QED) is 0.311. The van der Waals surface area contributed by atoms with Gasteiger partial charge in [0.25, 0.3) is 0 Å². The summed E-state index contributed by atoms with van der Waals surface area (Å²) < 4.78 is 18.1. The average Bonchev–Trinajstić information content (AvgIpc) is 2.77. The van der Waals surface area contributed by atoms with E-state index < -0.39 is 18.2 Å². The first-order valence-corrected chi connectivity index (χ1v) is 11.8. The molecule has 11 heteroatoms. The number of carbonyl (C=O) groups is 3. The molecule has 176 valence electrons. The first-order chi connectivity index (χ1) is 14.8. The maximum atomic E-state index is 13.5. The minimum absolute atomic E-state index is 0.0111. The molecule has 0 radical (unpaired) electrons. The molecule has 4 atom stereocenters. The van der Waals surface area contributed by atoms with Crippen LogP contribution in [0.15, 0.2) is 0 Å². The minimum Gasteiger partial charge on any atom is -0.451 e. The zero-order valence-electron chi connectivity index (χ0n) is 18.0. The highest BCUT2D eigenvalue weighted by molar-refractivity contribution is 7.80. The summed E-state index contributed by atoms with van der Waals surface area (Å²) in [4.78, 5) is 36.8. The van der Waals surface area contributed by atoms with Gasteiger partial charge in [-0.25, -0.2) is 4.39 Å². The Bertz CT molecular complexity index is 649. The molecule has 0 saturated heterocycles. The normalized spacial score (nSPS) is 26.8. The summed E-state index contributed by atoms with van der Waals surface area (Å²) in [5, 5.41) is 12.2. The molecule has 2 amide bonds. The van der Waals surface area contributed by atoms with E-state index in [1.165, 1.54) is 0 Å². The Morgan fingerprint density at radius 1 is 1.16 bits per heavy atom. The van der Waals surface area contributed by atoms with E-state index in [0.717, 1.165) is 19.3 Å². The maximum absolute atomic E-state index is 13.5. The molecule has 8 nitrogen and oxygen atoms in total. The fraction of sp³-hybridized carbons (Fsp3) is 0.800. The van der Waals surface area contributed by atoms with Crippen LogP contribution in [0.4, 0.5) is 4.39 Å². The van der Waals surface area contributed by atoms with Crippen molar-refractivity contribution >= 4 is 44.6 Å². The molecule has 0 heterocycles. The van der Waals surface area contributed by atoms with Gasteiger partial charge in [0.1, 0.15) is 6.17 Å². The lowest BCUT2D eigenvalue weighted by atomic mass is 9.82. The standard InChI is InChI=1S/C20H34FN4O4PS/c1-22-20(31)24-15-4-2-3-13(9-15)19(28)23-11-17(26)25-16(10-18(27)29-30)12-5-7-14(21)8-6-12/h12-16H,2-11,30H2,1H3,(H,23,28)(H,25,26)(H2,22,24,31). The van der Waals surface area contributed by atoms with Crippen LogP contribution in [0.25, 0.3) is 0 Å². The molecule has 2 aliphatic rings. The number of alkyl halides is 1. The van der Waals surface area contributed by atoms with Crippen molar-refractivity contribution in [3.8, 4) is 0 Å². The van der Waals surface area contributed by atoms with E-state index in [1.807, 2.05) is 9.47 Å². The summed E-state index contributed by atoms with van der Waals surface area (Å²) in [6, 6.07) is -0.304. The molecular formula is C20H34FN4O4PS. The van der Waals surface area contributed by atoms with Crippen molar-refractivity contribution in [3.05, 3.63) is 0 Å². The van der Waals surface area contributed by atoms with Crippen molar-refractivity contribution in [1.29, 1.82) is 0 Å². The van der Waals surface area contributed by atoms with Crippen LogP contribution in [0.1, 0.15) is 57.8 Å². The van der Waals surface area contributed by atoms with Gasteiger partial charge in [0.15, 0.2) is 5.11 Å². The van der Waals surface area contributed by atoms with E-state index >= 15 is 0 Å². The number of halogens is 1. The molecule has 2 saturated carbocycles. The average molecular weight is 477 g/mol. The predicted octanol–water partition coefficient (Wildman–Crippen LogP) is 1.49. The summed E-state index contributed by atoms with van der Waals surface area (Å²) in [6.45, 7) is -0.159. The van der Waals surface area contributed by atoms with E-state index in [1.54, 1.807) is 7.05 Å². The lowest BCUT2D eigenvalue weighted by Crippen LogP contribution is -2.49. The minimum atomic E-state index is -0.822. The first-order valence-electron chi connectivity index (χ1n) is 10.9. The third-order valence-electron chi connectivity index (χ3n) is 6.17. The van der Waals surface area contributed by atoms with Gasteiger partial charge in [0, 0.05) is 25.0 Å². The molecule has 2 aliphatic carbocycles. The number of carbonyl (C=O) groups excluding carboxylic acids is 3. The van der Waals surface area contributed by atoms with Gasteiger partial charge in [-0.2, -0.15) is 0 Å². The Balaban J connectivity index is 1.82. The number of hydrogen-bond donors (Lipinski definition) is 4. The fourth-order valence-electron chi connectivity index (χ4n) is 4.43. The molecule has 4 unspecified atom stereocenters. The molecular weight excluding hydrogens is 442 g/mol. The highest BCUT2D eigenvalue weighted by Crippen LogP contribution is 2.30. The number of rotatable bonds is 8. The van der Waals surface area contributed by atoms with Crippen molar-refractivity contribution in [2.75, 3.05) is 13.6 Å². The van der Waals surface area contributed by atoms with Crippen LogP contribution in [-0.2, 0) is 18.9 Å². The van der Waals surface area contributed by atoms with E-state index in [2.05, 4.69) is 25.8 Å². The molecule has 2 rings (SSSR count). The van der Waals surface area contributed by atoms with Gasteiger partial charge >= 0.3 is 5.97 Å².